The second-order valence-electron chi connectivity index (χ2n) is 5.72. The summed E-state index contributed by atoms with van der Waals surface area (Å²) < 4.78 is 0. The molecule has 4 nitrogen and oxygen atoms in total. The molecular formula is C15H21ClN2O2. The topological polar surface area (TPSA) is 43.8 Å². The monoisotopic (exact) mass is 296 g/mol. The maximum Gasteiger partial charge on any atom is 0.254 e. The first-order valence-corrected chi connectivity index (χ1v) is 7.16. The third kappa shape index (κ3) is 3.32. The van der Waals surface area contributed by atoms with Gasteiger partial charge in [0.1, 0.15) is 0 Å². The molecule has 1 amide bonds. The van der Waals surface area contributed by atoms with Crippen LogP contribution in [0, 0.1) is 6.92 Å². The highest BCUT2D eigenvalue weighted by Crippen LogP contribution is 2.23. The number of rotatable bonds is 3. The molecular weight excluding hydrogens is 276 g/mol. The van der Waals surface area contributed by atoms with Crippen LogP contribution in [0.1, 0.15) is 22.3 Å². The van der Waals surface area contributed by atoms with Gasteiger partial charge in [0.05, 0.1) is 6.10 Å². The number of halogens is 1. The van der Waals surface area contributed by atoms with E-state index in [1.807, 2.05) is 25.9 Å². The van der Waals surface area contributed by atoms with Crippen molar-refractivity contribution in [3.05, 3.63) is 34.3 Å². The number of aliphatic hydroxyl groups excluding tert-OH is 1. The van der Waals surface area contributed by atoms with Gasteiger partial charge in [-0.15, -0.1) is 0 Å². The van der Waals surface area contributed by atoms with Gasteiger partial charge in [0, 0.05) is 29.7 Å². The summed E-state index contributed by atoms with van der Waals surface area (Å²) in [6, 6.07) is 5.34. The second-order valence-corrected chi connectivity index (χ2v) is 6.16. The number of amides is 1. The van der Waals surface area contributed by atoms with E-state index in [0.29, 0.717) is 23.6 Å². The Morgan fingerprint density at radius 3 is 2.80 bits per heavy atom. The number of likely N-dealkylation sites (N-methyl/N-ethyl adjacent to an activating group) is 1. The minimum absolute atomic E-state index is 0.0254. The minimum atomic E-state index is -0.434. The Morgan fingerprint density at radius 1 is 1.50 bits per heavy atom. The van der Waals surface area contributed by atoms with Crippen molar-refractivity contribution in [2.75, 3.05) is 27.2 Å². The molecule has 0 aromatic heterocycles. The molecule has 5 heteroatoms. The van der Waals surface area contributed by atoms with Gasteiger partial charge in [-0.3, -0.25) is 4.79 Å². The Balaban J connectivity index is 2.22. The molecule has 0 saturated carbocycles. The highest BCUT2D eigenvalue weighted by Gasteiger charge is 2.35. The minimum Gasteiger partial charge on any atom is -0.391 e. The van der Waals surface area contributed by atoms with E-state index < -0.39 is 6.10 Å². The van der Waals surface area contributed by atoms with Gasteiger partial charge in [-0.05, 0) is 51.2 Å². The van der Waals surface area contributed by atoms with E-state index in [9.17, 15) is 9.90 Å². The molecule has 1 aliphatic heterocycles. The van der Waals surface area contributed by atoms with Gasteiger partial charge >= 0.3 is 0 Å². The average Bonchev–Trinajstić information content (AvgIpc) is 2.68. The van der Waals surface area contributed by atoms with E-state index in [2.05, 4.69) is 0 Å². The molecule has 1 aliphatic rings. The Kier molecular flexibility index (Phi) is 4.68. The number of aryl methyl sites for hydroxylation is 1. The summed E-state index contributed by atoms with van der Waals surface area (Å²) in [5.74, 6) is -0.0254. The molecule has 2 rings (SSSR count). The molecule has 1 saturated heterocycles. The molecule has 1 fully saturated rings. The Labute approximate surface area is 124 Å². The van der Waals surface area contributed by atoms with Crippen LogP contribution in [0.5, 0.6) is 0 Å². The molecule has 110 valence electrons. The zero-order valence-electron chi connectivity index (χ0n) is 12.1. The lowest BCUT2D eigenvalue weighted by Crippen LogP contribution is -2.41. The van der Waals surface area contributed by atoms with Gasteiger partial charge < -0.3 is 14.9 Å². The Bertz CT molecular complexity index is 505. The van der Waals surface area contributed by atoms with Gasteiger partial charge in [0.2, 0.25) is 0 Å². The van der Waals surface area contributed by atoms with E-state index in [1.165, 1.54) is 0 Å². The van der Waals surface area contributed by atoms with E-state index >= 15 is 0 Å². The quantitative estimate of drug-likeness (QED) is 0.925. The van der Waals surface area contributed by atoms with Crippen LogP contribution < -0.4 is 0 Å². The predicted octanol–water partition coefficient (Wildman–Crippen LogP) is 1.79. The number of hydrogen-bond acceptors (Lipinski definition) is 3. The third-order valence-corrected chi connectivity index (χ3v) is 3.88. The lowest BCUT2D eigenvalue weighted by atomic mass is 10.1. The third-order valence-electron chi connectivity index (χ3n) is 3.65. The van der Waals surface area contributed by atoms with Crippen LogP contribution in [0.25, 0.3) is 0 Å². The smallest absolute Gasteiger partial charge is 0.254 e. The lowest BCUT2D eigenvalue weighted by molar-refractivity contribution is 0.0698. The van der Waals surface area contributed by atoms with Crippen LogP contribution in [0.3, 0.4) is 0 Å². The van der Waals surface area contributed by atoms with Crippen LogP contribution in [0.4, 0.5) is 0 Å². The molecule has 1 aromatic rings. The molecule has 0 bridgehead atoms. The van der Waals surface area contributed by atoms with Gasteiger partial charge in [0.15, 0.2) is 0 Å². The number of hydrogen-bond donors (Lipinski definition) is 1. The van der Waals surface area contributed by atoms with Crippen molar-refractivity contribution in [1.82, 2.24) is 9.80 Å². The van der Waals surface area contributed by atoms with Gasteiger partial charge in [-0.1, -0.05) is 11.6 Å². The van der Waals surface area contributed by atoms with Crippen LogP contribution in [-0.2, 0) is 0 Å². The van der Waals surface area contributed by atoms with Crippen LogP contribution in [0.2, 0.25) is 5.02 Å². The van der Waals surface area contributed by atoms with Gasteiger partial charge in [0.25, 0.3) is 5.91 Å². The summed E-state index contributed by atoms with van der Waals surface area (Å²) in [5.41, 5.74) is 1.53. The highest BCUT2D eigenvalue weighted by molar-refractivity contribution is 6.30. The van der Waals surface area contributed by atoms with Crippen LogP contribution >= 0.6 is 11.6 Å². The SMILES string of the molecule is Cc1cc(Cl)ccc1C(=O)N1CC(O)CC1CN(C)C. The van der Waals surface area contributed by atoms with Crippen molar-refractivity contribution in [3.8, 4) is 0 Å². The van der Waals surface area contributed by atoms with Gasteiger partial charge in [-0.25, -0.2) is 0 Å². The molecule has 1 heterocycles. The first-order valence-electron chi connectivity index (χ1n) is 6.78. The molecule has 2 unspecified atom stereocenters. The fourth-order valence-corrected chi connectivity index (χ4v) is 2.98. The zero-order valence-corrected chi connectivity index (χ0v) is 12.9. The lowest BCUT2D eigenvalue weighted by Gasteiger charge is -2.27. The number of benzene rings is 1. The molecule has 0 aliphatic carbocycles. The van der Waals surface area contributed by atoms with Crippen molar-refractivity contribution < 1.29 is 9.90 Å². The first-order chi connectivity index (χ1) is 9.38. The maximum atomic E-state index is 12.7. The highest BCUT2D eigenvalue weighted by atomic mass is 35.5. The number of nitrogens with zero attached hydrogens (tertiary/aromatic N) is 2. The van der Waals surface area contributed by atoms with Crippen LogP contribution in [0.15, 0.2) is 18.2 Å². The summed E-state index contributed by atoms with van der Waals surface area (Å²) in [5, 5.41) is 10.5. The summed E-state index contributed by atoms with van der Waals surface area (Å²) >= 11 is 5.93. The first kappa shape index (κ1) is 15.3. The normalized spacial score (nSPS) is 22.6. The molecule has 0 spiro atoms. The number of aliphatic hydroxyl groups is 1. The van der Waals surface area contributed by atoms with Crippen molar-refractivity contribution in [1.29, 1.82) is 0 Å². The fraction of sp³-hybridized carbons (Fsp3) is 0.533. The average molecular weight is 297 g/mol. The Morgan fingerprint density at radius 2 is 2.20 bits per heavy atom. The van der Waals surface area contributed by atoms with Crippen molar-refractivity contribution >= 4 is 17.5 Å². The summed E-state index contributed by atoms with van der Waals surface area (Å²) in [6.45, 7) is 3.04. The second kappa shape index (κ2) is 6.12. The largest absolute Gasteiger partial charge is 0.391 e. The van der Waals surface area contributed by atoms with Crippen molar-refractivity contribution in [3.63, 3.8) is 0 Å². The number of β-amino-alcohol motifs (C(OH)–C–C–N with tert-alkyl or cyclic N) is 1. The molecule has 1 N–H and O–H groups in total. The van der Waals surface area contributed by atoms with E-state index in [-0.39, 0.29) is 11.9 Å². The van der Waals surface area contributed by atoms with Gasteiger partial charge in [-0.2, -0.15) is 0 Å². The number of carbonyl (C=O) groups excluding carboxylic acids is 1. The summed E-state index contributed by atoms with van der Waals surface area (Å²) in [6.07, 6.45) is 0.202. The maximum absolute atomic E-state index is 12.7. The number of carbonyl (C=O) groups is 1. The van der Waals surface area contributed by atoms with E-state index in [0.717, 1.165) is 12.1 Å². The predicted molar refractivity (Wildman–Crippen MR) is 80.2 cm³/mol. The number of likely N-dealkylation sites (tertiary alicyclic amines) is 1. The van der Waals surface area contributed by atoms with Crippen molar-refractivity contribution in [2.45, 2.75) is 25.5 Å². The Hall–Kier alpha value is -1.10. The van der Waals surface area contributed by atoms with Crippen LogP contribution in [-0.4, -0.2) is 60.1 Å². The van der Waals surface area contributed by atoms with Crippen molar-refractivity contribution in [2.24, 2.45) is 0 Å². The molecule has 0 radical (unpaired) electrons. The van der Waals surface area contributed by atoms with E-state index in [4.69, 9.17) is 11.6 Å². The molecule has 20 heavy (non-hydrogen) atoms. The zero-order chi connectivity index (χ0) is 14.9. The standard InChI is InChI=1S/C15H21ClN2O2/c1-10-6-11(16)4-5-14(10)15(20)18-9-13(19)7-12(18)8-17(2)3/h4-6,12-13,19H,7-9H2,1-3H3. The molecule has 1 aromatic carbocycles. The van der Waals surface area contributed by atoms with E-state index in [1.54, 1.807) is 23.1 Å². The summed E-state index contributed by atoms with van der Waals surface area (Å²) in [7, 11) is 3.95. The summed E-state index contributed by atoms with van der Waals surface area (Å²) in [4.78, 5) is 16.5. The molecule has 2 atom stereocenters. The fourth-order valence-electron chi connectivity index (χ4n) is 2.76.